The molecular formula is C9H8BrNO4. The first-order valence-corrected chi connectivity index (χ1v) is 4.80. The highest BCUT2D eigenvalue weighted by molar-refractivity contribution is 9.10. The number of rotatable bonds is 2. The molecule has 15 heavy (non-hydrogen) atoms. The topological polar surface area (TPSA) is 69.4 Å². The molecule has 0 fully saturated rings. The summed E-state index contributed by atoms with van der Waals surface area (Å²) in [4.78, 5) is 21.4. The van der Waals surface area contributed by atoms with Gasteiger partial charge in [-0.25, -0.2) is 4.79 Å². The Kier molecular flexibility index (Phi) is 3.41. The molecule has 1 aromatic carbocycles. The molecule has 0 spiro atoms. The molecule has 0 heterocycles. The SMILES string of the molecule is COC(=O)c1c([N+](=O)[O-])ccc(Br)c1C. The van der Waals surface area contributed by atoms with Crippen molar-refractivity contribution in [2.75, 3.05) is 7.11 Å². The van der Waals surface area contributed by atoms with Crippen LogP contribution in [-0.4, -0.2) is 18.0 Å². The summed E-state index contributed by atoms with van der Waals surface area (Å²) >= 11 is 3.20. The van der Waals surface area contributed by atoms with Crippen molar-refractivity contribution in [2.24, 2.45) is 0 Å². The van der Waals surface area contributed by atoms with Crippen LogP contribution < -0.4 is 0 Å². The Bertz CT molecular complexity index is 430. The van der Waals surface area contributed by atoms with E-state index in [2.05, 4.69) is 20.7 Å². The molecule has 0 bridgehead atoms. The molecule has 5 nitrogen and oxygen atoms in total. The molecule has 0 amide bonds. The number of benzene rings is 1. The van der Waals surface area contributed by atoms with Gasteiger partial charge in [0.15, 0.2) is 0 Å². The van der Waals surface area contributed by atoms with E-state index in [1.54, 1.807) is 6.92 Å². The van der Waals surface area contributed by atoms with Gasteiger partial charge in [0.2, 0.25) is 0 Å². The highest BCUT2D eigenvalue weighted by atomic mass is 79.9. The average molecular weight is 274 g/mol. The third-order valence-corrected chi connectivity index (χ3v) is 2.82. The second kappa shape index (κ2) is 4.39. The zero-order valence-corrected chi connectivity index (χ0v) is 9.70. The molecule has 0 aliphatic carbocycles. The summed E-state index contributed by atoms with van der Waals surface area (Å²) in [6.07, 6.45) is 0. The summed E-state index contributed by atoms with van der Waals surface area (Å²) < 4.78 is 5.13. The Morgan fingerprint density at radius 3 is 2.60 bits per heavy atom. The number of nitro benzene ring substituents is 1. The van der Waals surface area contributed by atoms with Crippen molar-refractivity contribution in [3.8, 4) is 0 Å². The van der Waals surface area contributed by atoms with Crippen molar-refractivity contribution in [2.45, 2.75) is 6.92 Å². The van der Waals surface area contributed by atoms with E-state index in [1.807, 2.05) is 0 Å². The Labute approximate surface area is 94.3 Å². The highest BCUT2D eigenvalue weighted by Crippen LogP contribution is 2.28. The van der Waals surface area contributed by atoms with Crippen LogP contribution in [0.1, 0.15) is 15.9 Å². The van der Waals surface area contributed by atoms with Gasteiger partial charge < -0.3 is 4.74 Å². The van der Waals surface area contributed by atoms with Gasteiger partial charge in [-0.1, -0.05) is 15.9 Å². The largest absolute Gasteiger partial charge is 0.465 e. The number of nitro groups is 1. The van der Waals surface area contributed by atoms with Crippen LogP contribution in [0.3, 0.4) is 0 Å². The number of nitrogens with zero attached hydrogens (tertiary/aromatic N) is 1. The summed E-state index contributed by atoms with van der Waals surface area (Å²) in [6, 6.07) is 2.79. The smallest absolute Gasteiger partial charge is 0.345 e. The maximum Gasteiger partial charge on any atom is 0.345 e. The van der Waals surface area contributed by atoms with Gasteiger partial charge in [-0.05, 0) is 18.6 Å². The van der Waals surface area contributed by atoms with E-state index >= 15 is 0 Å². The molecular weight excluding hydrogens is 266 g/mol. The monoisotopic (exact) mass is 273 g/mol. The fraction of sp³-hybridized carbons (Fsp3) is 0.222. The standard InChI is InChI=1S/C9H8BrNO4/c1-5-6(10)3-4-7(11(13)14)8(5)9(12)15-2/h3-4H,1-2H3. The van der Waals surface area contributed by atoms with Crippen LogP contribution in [0, 0.1) is 17.0 Å². The van der Waals surface area contributed by atoms with E-state index in [0.717, 1.165) is 0 Å². The van der Waals surface area contributed by atoms with Crippen molar-refractivity contribution in [1.82, 2.24) is 0 Å². The summed E-state index contributed by atoms with van der Waals surface area (Å²) in [5, 5.41) is 10.7. The lowest BCUT2D eigenvalue weighted by atomic mass is 10.1. The van der Waals surface area contributed by atoms with Gasteiger partial charge in [0, 0.05) is 10.5 Å². The fourth-order valence-corrected chi connectivity index (χ4v) is 1.51. The molecule has 0 radical (unpaired) electrons. The van der Waals surface area contributed by atoms with Gasteiger partial charge in [-0.15, -0.1) is 0 Å². The molecule has 1 aromatic rings. The fourth-order valence-electron chi connectivity index (χ4n) is 1.18. The van der Waals surface area contributed by atoms with Crippen molar-refractivity contribution >= 4 is 27.6 Å². The van der Waals surface area contributed by atoms with Gasteiger partial charge in [-0.3, -0.25) is 10.1 Å². The van der Waals surface area contributed by atoms with Crippen LogP contribution in [-0.2, 0) is 4.74 Å². The minimum atomic E-state index is -0.708. The summed E-state index contributed by atoms with van der Waals surface area (Å²) in [6.45, 7) is 1.61. The third-order valence-electron chi connectivity index (χ3n) is 1.96. The van der Waals surface area contributed by atoms with Crippen LogP contribution in [0.25, 0.3) is 0 Å². The molecule has 6 heteroatoms. The lowest BCUT2D eigenvalue weighted by Crippen LogP contribution is -2.08. The normalized spacial score (nSPS) is 9.80. The Morgan fingerprint density at radius 2 is 2.13 bits per heavy atom. The minimum absolute atomic E-state index is 0.0168. The predicted octanol–water partition coefficient (Wildman–Crippen LogP) is 2.45. The summed E-state index contributed by atoms with van der Waals surface area (Å²) in [7, 11) is 1.19. The number of halogens is 1. The molecule has 0 N–H and O–H groups in total. The van der Waals surface area contributed by atoms with Gasteiger partial charge >= 0.3 is 5.97 Å². The molecule has 0 aliphatic heterocycles. The van der Waals surface area contributed by atoms with Crippen molar-refractivity contribution in [3.05, 3.63) is 37.8 Å². The van der Waals surface area contributed by atoms with Gasteiger partial charge in [0.25, 0.3) is 5.69 Å². The number of esters is 1. The first-order valence-electron chi connectivity index (χ1n) is 4.00. The summed E-state index contributed by atoms with van der Waals surface area (Å²) in [5.41, 5.74) is 0.232. The third kappa shape index (κ3) is 2.15. The highest BCUT2D eigenvalue weighted by Gasteiger charge is 2.24. The van der Waals surface area contributed by atoms with Crippen LogP contribution in [0.15, 0.2) is 16.6 Å². The maximum absolute atomic E-state index is 11.4. The number of hydrogen-bond acceptors (Lipinski definition) is 4. The summed E-state index contributed by atoms with van der Waals surface area (Å²) in [5.74, 6) is -0.708. The Balaban J connectivity index is 3.48. The quantitative estimate of drug-likeness (QED) is 0.472. The number of methoxy groups -OCH3 is 1. The average Bonchev–Trinajstić information content (AvgIpc) is 2.20. The van der Waals surface area contributed by atoms with E-state index in [1.165, 1.54) is 19.2 Å². The first-order chi connectivity index (χ1) is 6.99. The zero-order chi connectivity index (χ0) is 11.6. The molecule has 0 aliphatic rings. The van der Waals surface area contributed by atoms with Crippen LogP contribution in [0.2, 0.25) is 0 Å². The molecule has 0 unspecified atom stereocenters. The predicted molar refractivity (Wildman–Crippen MR) is 56.9 cm³/mol. The van der Waals surface area contributed by atoms with Gasteiger partial charge in [-0.2, -0.15) is 0 Å². The zero-order valence-electron chi connectivity index (χ0n) is 8.11. The molecule has 1 rings (SSSR count). The first kappa shape index (κ1) is 11.6. The van der Waals surface area contributed by atoms with Gasteiger partial charge in [0.1, 0.15) is 5.56 Å². The van der Waals surface area contributed by atoms with Gasteiger partial charge in [0.05, 0.1) is 12.0 Å². The van der Waals surface area contributed by atoms with E-state index < -0.39 is 10.9 Å². The number of ether oxygens (including phenoxy) is 1. The van der Waals surface area contributed by atoms with Crippen LogP contribution in [0.4, 0.5) is 5.69 Å². The minimum Gasteiger partial charge on any atom is -0.465 e. The molecule has 0 saturated carbocycles. The van der Waals surface area contributed by atoms with Crippen molar-refractivity contribution in [3.63, 3.8) is 0 Å². The van der Waals surface area contributed by atoms with Crippen LogP contribution in [0.5, 0.6) is 0 Å². The maximum atomic E-state index is 11.4. The van der Waals surface area contributed by atoms with E-state index in [0.29, 0.717) is 10.0 Å². The van der Waals surface area contributed by atoms with Crippen molar-refractivity contribution in [1.29, 1.82) is 0 Å². The lowest BCUT2D eigenvalue weighted by molar-refractivity contribution is -0.385. The lowest BCUT2D eigenvalue weighted by Gasteiger charge is -2.06. The molecule has 80 valence electrons. The number of hydrogen-bond donors (Lipinski definition) is 0. The second-order valence-corrected chi connectivity index (χ2v) is 3.67. The van der Waals surface area contributed by atoms with E-state index in [4.69, 9.17) is 0 Å². The second-order valence-electron chi connectivity index (χ2n) is 2.82. The molecule has 0 atom stereocenters. The number of carbonyl (C=O) groups is 1. The Morgan fingerprint density at radius 1 is 1.53 bits per heavy atom. The van der Waals surface area contributed by atoms with E-state index in [-0.39, 0.29) is 11.3 Å². The number of carbonyl (C=O) groups excluding carboxylic acids is 1. The van der Waals surface area contributed by atoms with Crippen molar-refractivity contribution < 1.29 is 14.5 Å². The molecule has 0 saturated heterocycles. The van der Waals surface area contributed by atoms with Crippen LogP contribution >= 0.6 is 15.9 Å². The Hall–Kier alpha value is -1.43. The van der Waals surface area contributed by atoms with E-state index in [9.17, 15) is 14.9 Å². The molecule has 0 aromatic heterocycles.